The van der Waals surface area contributed by atoms with Crippen molar-refractivity contribution in [3.8, 4) is 0 Å². The lowest BCUT2D eigenvalue weighted by Crippen LogP contribution is -2.39. The zero-order valence-corrected chi connectivity index (χ0v) is 16.5. The fraction of sp³-hybridized carbons (Fsp3) is 0.545. The van der Waals surface area contributed by atoms with Gasteiger partial charge in [-0.15, -0.1) is 6.58 Å². The molecule has 27 heavy (non-hydrogen) atoms. The number of hydrogen-bond donors (Lipinski definition) is 1. The van der Waals surface area contributed by atoms with Crippen LogP contribution in [0.1, 0.15) is 73.6 Å². The molecule has 0 aromatic heterocycles. The summed E-state index contributed by atoms with van der Waals surface area (Å²) >= 11 is 0. The van der Waals surface area contributed by atoms with Gasteiger partial charge in [-0.1, -0.05) is 12.5 Å². The van der Waals surface area contributed by atoms with Crippen LogP contribution < -0.4 is 0 Å². The van der Waals surface area contributed by atoms with E-state index in [0.29, 0.717) is 29.9 Å². The van der Waals surface area contributed by atoms with Crippen LogP contribution in [0.3, 0.4) is 0 Å². The van der Waals surface area contributed by atoms with Crippen LogP contribution in [0.2, 0.25) is 0 Å². The molecule has 1 saturated carbocycles. The number of ether oxygens (including phenoxy) is 2. The molecular weight excluding hydrogens is 344 g/mol. The van der Waals surface area contributed by atoms with Gasteiger partial charge in [0.15, 0.2) is 0 Å². The number of rotatable bonds is 9. The van der Waals surface area contributed by atoms with Gasteiger partial charge in [0.1, 0.15) is 5.60 Å². The highest BCUT2D eigenvalue weighted by Gasteiger charge is 2.35. The van der Waals surface area contributed by atoms with Crippen molar-refractivity contribution in [3.05, 3.63) is 48.0 Å². The van der Waals surface area contributed by atoms with Crippen LogP contribution in [0.5, 0.6) is 0 Å². The van der Waals surface area contributed by atoms with Gasteiger partial charge in [0.25, 0.3) is 0 Å². The summed E-state index contributed by atoms with van der Waals surface area (Å²) in [5, 5.41) is 10.4. The molecule has 148 valence electrons. The molecule has 0 heterocycles. The molecule has 1 fully saturated rings. The Labute approximate surface area is 161 Å². The van der Waals surface area contributed by atoms with Crippen LogP contribution in [-0.4, -0.2) is 34.9 Å². The molecule has 0 aliphatic heterocycles. The summed E-state index contributed by atoms with van der Waals surface area (Å²) in [5.74, 6) is -0.614. The summed E-state index contributed by atoms with van der Waals surface area (Å²) in [5.41, 5.74) is -0.685. The number of carbonyl (C=O) groups excluding carboxylic acids is 2. The van der Waals surface area contributed by atoms with E-state index in [1.807, 2.05) is 13.8 Å². The van der Waals surface area contributed by atoms with Gasteiger partial charge in [-0.25, -0.2) is 9.59 Å². The molecule has 5 heteroatoms. The van der Waals surface area contributed by atoms with E-state index in [4.69, 9.17) is 9.47 Å². The zero-order chi connectivity index (χ0) is 20.1. The molecule has 0 saturated heterocycles. The largest absolute Gasteiger partial charge is 0.462 e. The standard InChI is InChI=1S/C22H30O5/c1-5-13-21(2,3)27-20(24)17-11-9-16(10-12-17)19(23)26-15-14-22(4,25)18-7-6-8-18/h5,9-12,18,25H,1,6-8,13-15H2,2-4H3. The number of carbonyl (C=O) groups is 2. The summed E-state index contributed by atoms with van der Waals surface area (Å²) in [6.07, 6.45) is 5.89. The summed E-state index contributed by atoms with van der Waals surface area (Å²) < 4.78 is 10.7. The molecule has 1 aromatic carbocycles. The second-order valence-electron chi connectivity index (χ2n) is 8.09. The number of hydrogen-bond acceptors (Lipinski definition) is 5. The van der Waals surface area contributed by atoms with E-state index in [2.05, 4.69) is 6.58 Å². The normalized spacial score (nSPS) is 16.7. The highest BCUT2D eigenvalue weighted by atomic mass is 16.6. The van der Waals surface area contributed by atoms with Gasteiger partial charge < -0.3 is 14.6 Å². The van der Waals surface area contributed by atoms with E-state index in [1.54, 1.807) is 37.3 Å². The van der Waals surface area contributed by atoms with Crippen LogP contribution in [0, 0.1) is 5.92 Å². The minimum atomic E-state index is -0.787. The second-order valence-corrected chi connectivity index (χ2v) is 8.09. The number of benzene rings is 1. The van der Waals surface area contributed by atoms with Crippen molar-refractivity contribution in [2.45, 2.75) is 64.1 Å². The Morgan fingerprint density at radius 1 is 1.15 bits per heavy atom. The first-order valence-electron chi connectivity index (χ1n) is 9.48. The van der Waals surface area contributed by atoms with Crippen molar-refractivity contribution in [2.75, 3.05) is 6.61 Å². The molecular formula is C22H30O5. The van der Waals surface area contributed by atoms with Gasteiger partial charge in [-0.2, -0.15) is 0 Å². The first kappa shape index (κ1) is 21.2. The van der Waals surface area contributed by atoms with E-state index in [0.717, 1.165) is 19.3 Å². The monoisotopic (exact) mass is 374 g/mol. The van der Waals surface area contributed by atoms with Gasteiger partial charge in [0.05, 0.1) is 23.3 Å². The lowest BCUT2D eigenvalue weighted by molar-refractivity contribution is -0.0532. The Morgan fingerprint density at radius 2 is 1.70 bits per heavy atom. The van der Waals surface area contributed by atoms with Crippen molar-refractivity contribution in [1.82, 2.24) is 0 Å². The minimum absolute atomic E-state index is 0.169. The van der Waals surface area contributed by atoms with Crippen LogP contribution in [0.15, 0.2) is 36.9 Å². The number of esters is 2. The molecule has 1 aliphatic carbocycles. The maximum atomic E-state index is 12.2. The average Bonchev–Trinajstić information content (AvgIpc) is 2.52. The summed E-state index contributed by atoms with van der Waals surface area (Å²) in [6, 6.07) is 6.19. The first-order chi connectivity index (χ1) is 12.6. The fourth-order valence-corrected chi connectivity index (χ4v) is 3.11. The Kier molecular flexibility index (Phi) is 6.82. The van der Waals surface area contributed by atoms with Crippen molar-refractivity contribution in [3.63, 3.8) is 0 Å². The van der Waals surface area contributed by atoms with Crippen LogP contribution in [-0.2, 0) is 9.47 Å². The van der Waals surface area contributed by atoms with Gasteiger partial charge in [0.2, 0.25) is 0 Å². The zero-order valence-electron chi connectivity index (χ0n) is 16.5. The maximum Gasteiger partial charge on any atom is 0.338 e. The maximum absolute atomic E-state index is 12.2. The SMILES string of the molecule is C=CCC(C)(C)OC(=O)c1ccc(C(=O)OCCC(C)(O)C2CCC2)cc1. The Morgan fingerprint density at radius 3 is 2.19 bits per heavy atom. The number of aliphatic hydroxyl groups is 1. The van der Waals surface area contributed by atoms with Gasteiger partial charge in [-0.3, -0.25) is 0 Å². The topological polar surface area (TPSA) is 72.8 Å². The van der Waals surface area contributed by atoms with Gasteiger partial charge in [-0.05, 0) is 63.8 Å². The molecule has 1 atom stereocenters. The summed E-state index contributed by atoms with van der Waals surface area (Å²) in [4.78, 5) is 24.3. The van der Waals surface area contributed by atoms with E-state index >= 15 is 0 Å². The van der Waals surface area contributed by atoms with Crippen LogP contribution in [0.4, 0.5) is 0 Å². The molecule has 5 nitrogen and oxygen atoms in total. The van der Waals surface area contributed by atoms with Crippen molar-refractivity contribution in [1.29, 1.82) is 0 Å². The van der Waals surface area contributed by atoms with Crippen molar-refractivity contribution >= 4 is 11.9 Å². The molecule has 1 unspecified atom stereocenters. The van der Waals surface area contributed by atoms with E-state index in [1.165, 1.54) is 0 Å². The lowest BCUT2D eigenvalue weighted by atomic mass is 9.72. The minimum Gasteiger partial charge on any atom is -0.462 e. The predicted octanol–water partition coefficient (Wildman–Crippen LogP) is 4.30. The van der Waals surface area contributed by atoms with Crippen LogP contribution in [0.25, 0.3) is 0 Å². The van der Waals surface area contributed by atoms with Crippen molar-refractivity contribution in [2.24, 2.45) is 5.92 Å². The summed E-state index contributed by atoms with van der Waals surface area (Å²) in [6.45, 7) is 9.26. The van der Waals surface area contributed by atoms with Gasteiger partial charge >= 0.3 is 11.9 Å². The lowest BCUT2D eigenvalue weighted by Gasteiger charge is -2.38. The quantitative estimate of drug-likeness (QED) is 0.515. The molecule has 1 aromatic rings. The predicted molar refractivity (Wildman–Crippen MR) is 104 cm³/mol. The van der Waals surface area contributed by atoms with Crippen LogP contribution >= 0.6 is 0 Å². The Balaban J connectivity index is 1.85. The molecule has 1 N–H and O–H groups in total. The Hall–Kier alpha value is -2.14. The highest BCUT2D eigenvalue weighted by molar-refractivity contribution is 5.93. The first-order valence-corrected chi connectivity index (χ1v) is 9.48. The Bertz CT molecular complexity index is 668. The molecule has 2 rings (SSSR count). The van der Waals surface area contributed by atoms with Gasteiger partial charge in [0, 0.05) is 12.8 Å². The van der Waals surface area contributed by atoms with E-state index in [9.17, 15) is 14.7 Å². The average molecular weight is 374 g/mol. The molecule has 0 spiro atoms. The van der Waals surface area contributed by atoms with E-state index < -0.39 is 23.1 Å². The molecule has 0 bridgehead atoms. The third-order valence-corrected chi connectivity index (χ3v) is 5.19. The second kappa shape index (κ2) is 8.70. The van der Waals surface area contributed by atoms with E-state index in [-0.39, 0.29) is 6.61 Å². The molecule has 0 radical (unpaired) electrons. The summed E-state index contributed by atoms with van der Waals surface area (Å²) in [7, 11) is 0. The third-order valence-electron chi connectivity index (χ3n) is 5.19. The molecule has 1 aliphatic rings. The molecule has 0 amide bonds. The van der Waals surface area contributed by atoms with Crippen molar-refractivity contribution < 1.29 is 24.2 Å². The fourth-order valence-electron chi connectivity index (χ4n) is 3.11. The smallest absolute Gasteiger partial charge is 0.338 e. The highest BCUT2D eigenvalue weighted by Crippen LogP contribution is 2.37. The third kappa shape index (κ3) is 5.93.